The van der Waals surface area contributed by atoms with Crippen LogP contribution in [0.2, 0.25) is 0 Å². The van der Waals surface area contributed by atoms with E-state index in [4.69, 9.17) is 4.74 Å². The minimum atomic E-state index is -3.70. The highest BCUT2D eigenvalue weighted by Gasteiger charge is 2.35. The van der Waals surface area contributed by atoms with Gasteiger partial charge in [0.15, 0.2) is 6.10 Å². The van der Waals surface area contributed by atoms with Crippen LogP contribution in [0, 0.1) is 5.92 Å². The number of rotatable bonds is 4. The summed E-state index contributed by atoms with van der Waals surface area (Å²) in [4.78, 5) is 26.6. The van der Waals surface area contributed by atoms with E-state index in [9.17, 15) is 18.0 Å². The number of nitrogens with one attached hydrogen (secondary N) is 1. The molecule has 3 aliphatic rings. The van der Waals surface area contributed by atoms with Gasteiger partial charge in [-0.1, -0.05) is 6.92 Å². The third-order valence-electron chi connectivity index (χ3n) is 6.00. The van der Waals surface area contributed by atoms with Gasteiger partial charge in [-0.3, -0.25) is 9.59 Å². The number of hydrogen-bond acceptors (Lipinski definition) is 5. The van der Waals surface area contributed by atoms with Crippen molar-refractivity contribution < 1.29 is 22.7 Å². The number of fused-ring (bicyclic) bond motifs is 1. The van der Waals surface area contributed by atoms with Crippen LogP contribution in [0.5, 0.6) is 5.75 Å². The highest BCUT2D eigenvalue weighted by atomic mass is 32.2. The molecule has 2 amide bonds. The fraction of sp³-hybridized carbons (Fsp3) is 0.600. The Labute approximate surface area is 171 Å². The summed E-state index contributed by atoms with van der Waals surface area (Å²) in [5.41, 5.74) is 0.375. The lowest BCUT2D eigenvalue weighted by Crippen LogP contribution is -2.43. The van der Waals surface area contributed by atoms with Crippen LogP contribution in [0.1, 0.15) is 39.0 Å². The predicted molar refractivity (Wildman–Crippen MR) is 107 cm³/mol. The fourth-order valence-electron chi connectivity index (χ4n) is 4.25. The highest BCUT2D eigenvalue weighted by molar-refractivity contribution is 7.89. The van der Waals surface area contributed by atoms with Gasteiger partial charge >= 0.3 is 0 Å². The van der Waals surface area contributed by atoms with Crippen molar-refractivity contribution in [3.63, 3.8) is 0 Å². The molecule has 158 valence electrons. The van der Waals surface area contributed by atoms with Crippen LogP contribution in [0.3, 0.4) is 0 Å². The standard InChI is InChI=1S/C20H27N3O5S/c1-2-17-19(24)21-16-13-15(5-6-18(16)28-17)29(26,27)23-11-7-14(8-12-23)20(25)22-9-3-4-10-22/h5-6,13-14,17H,2-4,7-12H2,1H3,(H,21,24)/t17-/m1/s1. The molecule has 1 atom stereocenters. The molecule has 0 aliphatic carbocycles. The molecule has 1 aromatic rings. The molecule has 29 heavy (non-hydrogen) atoms. The topological polar surface area (TPSA) is 96.0 Å². The van der Waals surface area contributed by atoms with E-state index >= 15 is 0 Å². The first-order chi connectivity index (χ1) is 13.9. The van der Waals surface area contributed by atoms with Crippen LogP contribution in [-0.2, 0) is 19.6 Å². The van der Waals surface area contributed by atoms with Gasteiger partial charge < -0.3 is 15.0 Å². The van der Waals surface area contributed by atoms with E-state index in [2.05, 4.69) is 5.32 Å². The summed E-state index contributed by atoms with van der Waals surface area (Å²) >= 11 is 0. The lowest BCUT2D eigenvalue weighted by atomic mass is 9.97. The second kappa shape index (κ2) is 7.95. The summed E-state index contributed by atoms with van der Waals surface area (Å²) in [7, 11) is -3.70. The lowest BCUT2D eigenvalue weighted by molar-refractivity contribution is -0.135. The Morgan fingerprint density at radius 2 is 1.86 bits per heavy atom. The van der Waals surface area contributed by atoms with E-state index in [1.807, 2.05) is 11.8 Å². The molecule has 0 saturated carbocycles. The molecule has 0 aromatic heterocycles. The normalized spacial score (nSPS) is 23.4. The van der Waals surface area contributed by atoms with E-state index in [1.165, 1.54) is 16.4 Å². The molecule has 4 rings (SSSR count). The van der Waals surface area contributed by atoms with Crippen LogP contribution < -0.4 is 10.1 Å². The lowest BCUT2D eigenvalue weighted by Gasteiger charge is -2.32. The van der Waals surface area contributed by atoms with Crippen molar-refractivity contribution in [3.8, 4) is 5.75 Å². The number of ether oxygens (including phenoxy) is 1. The van der Waals surface area contributed by atoms with E-state index in [0.717, 1.165) is 25.9 Å². The van der Waals surface area contributed by atoms with Crippen molar-refractivity contribution in [2.75, 3.05) is 31.5 Å². The quantitative estimate of drug-likeness (QED) is 0.800. The molecule has 0 unspecified atom stereocenters. The number of amides is 2. The molecule has 0 spiro atoms. The van der Waals surface area contributed by atoms with E-state index < -0.39 is 16.1 Å². The molecule has 2 fully saturated rings. The molecule has 8 nitrogen and oxygen atoms in total. The summed E-state index contributed by atoms with van der Waals surface area (Å²) in [5.74, 6) is 0.279. The highest BCUT2D eigenvalue weighted by Crippen LogP contribution is 2.34. The zero-order chi connectivity index (χ0) is 20.6. The fourth-order valence-corrected chi connectivity index (χ4v) is 5.74. The Hall–Kier alpha value is -2.13. The smallest absolute Gasteiger partial charge is 0.265 e. The van der Waals surface area contributed by atoms with Gasteiger partial charge in [0.1, 0.15) is 5.75 Å². The molecule has 2 saturated heterocycles. The van der Waals surface area contributed by atoms with Crippen LogP contribution in [-0.4, -0.2) is 61.7 Å². The maximum absolute atomic E-state index is 13.1. The van der Waals surface area contributed by atoms with Gasteiger partial charge in [-0.15, -0.1) is 0 Å². The van der Waals surface area contributed by atoms with Crippen molar-refractivity contribution >= 4 is 27.5 Å². The summed E-state index contributed by atoms with van der Waals surface area (Å²) in [6, 6.07) is 4.56. The minimum absolute atomic E-state index is 0.0956. The Kier molecular flexibility index (Phi) is 5.52. The summed E-state index contributed by atoms with van der Waals surface area (Å²) in [6.07, 6.45) is 3.16. The largest absolute Gasteiger partial charge is 0.478 e. The number of sulfonamides is 1. The summed E-state index contributed by atoms with van der Waals surface area (Å²) < 4.78 is 33.2. The number of benzene rings is 1. The maximum atomic E-state index is 13.1. The van der Waals surface area contributed by atoms with Crippen molar-refractivity contribution in [1.29, 1.82) is 0 Å². The van der Waals surface area contributed by atoms with Crippen LogP contribution in [0.15, 0.2) is 23.1 Å². The van der Waals surface area contributed by atoms with Crippen LogP contribution in [0.4, 0.5) is 5.69 Å². The van der Waals surface area contributed by atoms with Crippen LogP contribution >= 0.6 is 0 Å². The van der Waals surface area contributed by atoms with Gasteiger partial charge in [-0.25, -0.2) is 8.42 Å². The predicted octanol–water partition coefficient (Wildman–Crippen LogP) is 1.82. The first kappa shape index (κ1) is 20.2. The molecular weight excluding hydrogens is 394 g/mol. The number of carbonyl (C=O) groups is 2. The zero-order valence-electron chi connectivity index (χ0n) is 16.6. The Morgan fingerprint density at radius 3 is 2.52 bits per heavy atom. The van der Waals surface area contributed by atoms with E-state index in [0.29, 0.717) is 43.8 Å². The van der Waals surface area contributed by atoms with Gasteiger partial charge in [0.2, 0.25) is 15.9 Å². The van der Waals surface area contributed by atoms with E-state index in [1.54, 1.807) is 6.07 Å². The van der Waals surface area contributed by atoms with Crippen molar-refractivity contribution in [3.05, 3.63) is 18.2 Å². The number of nitrogens with zero attached hydrogens (tertiary/aromatic N) is 2. The Balaban J connectivity index is 1.45. The maximum Gasteiger partial charge on any atom is 0.265 e. The molecule has 0 radical (unpaired) electrons. The number of carbonyl (C=O) groups excluding carboxylic acids is 2. The molecule has 3 aliphatic heterocycles. The van der Waals surface area contributed by atoms with Gasteiger partial charge in [-0.2, -0.15) is 4.31 Å². The third-order valence-corrected chi connectivity index (χ3v) is 7.89. The van der Waals surface area contributed by atoms with Crippen molar-refractivity contribution in [2.45, 2.75) is 50.0 Å². The van der Waals surface area contributed by atoms with Gasteiger partial charge in [0.05, 0.1) is 10.6 Å². The van der Waals surface area contributed by atoms with Gasteiger partial charge in [0.25, 0.3) is 5.91 Å². The Morgan fingerprint density at radius 1 is 1.17 bits per heavy atom. The average Bonchev–Trinajstić information content (AvgIpc) is 3.27. The number of anilines is 1. The van der Waals surface area contributed by atoms with E-state index in [-0.39, 0.29) is 22.6 Å². The minimum Gasteiger partial charge on any atom is -0.478 e. The number of piperidine rings is 1. The monoisotopic (exact) mass is 421 g/mol. The second-order valence-corrected chi connectivity index (χ2v) is 9.81. The molecule has 0 bridgehead atoms. The molecule has 1 N–H and O–H groups in total. The first-order valence-electron chi connectivity index (χ1n) is 10.3. The first-order valence-corrected chi connectivity index (χ1v) is 11.7. The van der Waals surface area contributed by atoms with Crippen molar-refractivity contribution in [1.82, 2.24) is 9.21 Å². The summed E-state index contributed by atoms with van der Waals surface area (Å²) in [5, 5.41) is 2.73. The van der Waals surface area contributed by atoms with Gasteiger partial charge in [-0.05, 0) is 50.3 Å². The molecular formula is C20H27N3O5S. The SMILES string of the molecule is CC[C@H]1Oc2ccc(S(=O)(=O)N3CCC(C(=O)N4CCCC4)CC3)cc2NC1=O. The molecule has 3 heterocycles. The summed E-state index contributed by atoms with van der Waals surface area (Å²) in [6.45, 7) is 4.14. The number of likely N-dealkylation sites (tertiary alicyclic amines) is 1. The Bertz CT molecular complexity index is 903. The van der Waals surface area contributed by atoms with Crippen molar-refractivity contribution in [2.24, 2.45) is 5.92 Å². The average molecular weight is 422 g/mol. The van der Waals surface area contributed by atoms with Crippen LogP contribution in [0.25, 0.3) is 0 Å². The number of hydrogen-bond donors (Lipinski definition) is 1. The second-order valence-electron chi connectivity index (χ2n) is 7.87. The molecule has 1 aromatic carbocycles. The third kappa shape index (κ3) is 3.85. The molecule has 9 heteroatoms. The zero-order valence-corrected chi connectivity index (χ0v) is 17.4. The van der Waals surface area contributed by atoms with Gasteiger partial charge in [0, 0.05) is 32.1 Å².